The molecular weight excluding hydrogens is 465 g/mol. The van der Waals surface area contributed by atoms with E-state index in [2.05, 4.69) is 15.7 Å². The maximum atomic E-state index is 13.1. The molecular formula is C24H25F3N4O4. The molecule has 2 aromatic carbocycles. The second-order valence-corrected chi connectivity index (χ2v) is 8.60. The maximum Gasteiger partial charge on any atom is 0.416 e. The molecule has 1 aromatic heterocycles. The van der Waals surface area contributed by atoms with Gasteiger partial charge in [0.2, 0.25) is 0 Å². The standard InChI is InChI=1S/C24H25F3N4O4/c1-14-18(13-28-31(14)17-8-6-7-15(11-17)24(25,26)27)21(32)29-16-9-10-20(34-5)19(12-16)30-22(33)35-23(2,3)4/h6-13H,1-5H3,(H,29,32)(H,30,33). The number of aromatic nitrogens is 2. The van der Waals surface area contributed by atoms with Crippen molar-refractivity contribution >= 4 is 23.4 Å². The van der Waals surface area contributed by atoms with Crippen molar-refractivity contribution in [2.75, 3.05) is 17.7 Å². The minimum absolute atomic E-state index is 0.167. The van der Waals surface area contributed by atoms with Crippen LogP contribution in [0.2, 0.25) is 0 Å². The number of carbonyl (C=O) groups excluding carboxylic acids is 2. The molecule has 1 heterocycles. The van der Waals surface area contributed by atoms with Crippen LogP contribution in [-0.4, -0.2) is 34.5 Å². The van der Waals surface area contributed by atoms with Gasteiger partial charge in [0.15, 0.2) is 0 Å². The normalized spacial score (nSPS) is 11.7. The summed E-state index contributed by atoms with van der Waals surface area (Å²) in [6.45, 7) is 6.75. The highest BCUT2D eigenvalue weighted by molar-refractivity contribution is 6.05. The molecule has 2 amide bonds. The van der Waals surface area contributed by atoms with Crippen molar-refractivity contribution in [2.45, 2.75) is 39.5 Å². The Bertz CT molecular complexity index is 1250. The zero-order valence-corrected chi connectivity index (χ0v) is 19.8. The average molecular weight is 490 g/mol. The first kappa shape index (κ1) is 25.6. The number of halogens is 3. The number of amides is 2. The number of nitrogens with zero attached hydrogens (tertiary/aromatic N) is 2. The van der Waals surface area contributed by atoms with Crippen LogP contribution >= 0.6 is 0 Å². The van der Waals surface area contributed by atoms with Crippen LogP contribution in [0.15, 0.2) is 48.7 Å². The number of hydrogen-bond donors (Lipinski definition) is 2. The van der Waals surface area contributed by atoms with E-state index in [1.54, 1.807) is 39.8 Å². The number of benzene rings is 2. The largest absolute Gasteiger partial charge is 0.495 e. The second kappa shape index (κ2) is 9.69. The molecule has 11 heteroatoms. The van der Waals surface area contributed by atoms with Crippen molar-refractivity contribution in [3.63, 3.8) is 0 Å². The van der Waals surface area contributed by atoms with Crippen LogP contribution in [0.1, 0.15) is 42.4 Å². The third kappa shape index (κ3) is 6.31. The topological polar surface area (TPSA) is 94.5 Å². The molecule has 0 aliphatic heterocycles. The highest BCUT2D eigenvalue weighted by atomic mass is 19.4. The molecule has 35 heavy (non-hydrogen) atoms. The fourth-order valence-corrected chi connectivity index (χ4v) is 3.20. The first-order valence-corrected chi connectivity index (χ1v) is 10.5. The highest BCUT2D eigenvalue weighted by Gasteiger charge is 2.31. The predicted octanol–water partition coefficient (Wildman–Crippen LogP) is 5.81. The molecule has 186 valence electrons. The third-order valence-corrected chi connectivity index (χ3v) is 4.77. The first-order chi connectivity index (χ1) is 16.3. The van der Waals surface area contributed by atoms with Gasteiger partial charge in [-0.1, -0.05) is 6.07 Å². The monoisotopic (exact) mass is 490 g/mol. The summed E-state index contributed by atoms with van der Waals surface area (Å²) in [5.41, 5.74) is -0.226. The molecule has 0 atom stereocenters. The molecule has 0 aliphatic rings. The summed E-state index contributed by atoms with van der Waals surface area (Å²) >= 11 is 0. The number of ether oxygens (including phenoxy) is 2. The summed E-state index contributed by atoms with van der Waals surface area (Å²) < 4.78 is 51.0. The predicted molar refractivity (Wildman–Crippen MR) is 124 cm³/mol. The quantitative estimate of drug-likeness (QED) is 0.471. The van der Waals surface area contributed by atoms with E-state index in [1.807, 2.05) is 0 Å². The Morgan fingerprint density at radius 3 is 2.37 bits per heavy atom. The molecule has 0 aliphatic carbocycles. The zero-order valence-electron chi connectivity index (χ0n) is 19.8. The highest BCUT2D eigenvalue weighted by Crippen LogP contribution is 2.31. The van der Waals surface area contributed by atoms with Crippen molar-refractivity contribution in [3.8, 4) is 11.4 Å². The second-order valence-electron chi connectivity index (χ2n) is 8.60. The van der Waals surface area contributed by atoms with Crippen LogP contribution < -0.4 is 15.4 Å². The zero-order chi connectivity index (χ0) is 26.0. The molecule has 2 N–H and O–H groups in total. The van der Waals surface area contributed by atoms with E-state index in [1.165, 1.54) is 36.2 Å². The van der Waals surface area contributed by atoms with Gasteiger partial charge in [-0.25, -0.2) is 9.48 Å². The number of anilines is 2. The van der Waals surface area contributed by atoms with Crippen LogP contribution in [0, 0.1) is 6.92 Å². The Kier molecular flexibility index (Phi) is 7.09. The van der Waals surface area contributed by atoms with Gasteiger partial charge in [0.25, 0.3) is 5.91 Å². The molecule has 0 radical (unpaired) electrons. The van der Waals surface area contributed by atoms with Gasteiger partial charge < -0.3 is 14.8 Å². The fraction of sp³-hybridized carbons (Fsp3) is 0.292. The van der Waals surface area contributed by atoms with Crippen LogP contribution in [0.5, 0.6) is 5.75 Å². The number of carbonyl (C=O) groups is 2. The van der Waals surface area contributed by atoms with Crippen molar-refractivity contribution in [1.82, 2.24) is 9.78 Å². The van der Waals surface area contributed by atoms with Crippen molar-refractivity contribution in [3.05, 3.63) is 65.5 Å². The number of rotatable bonds is 5. The van der Waals surface area contributed by atoms with Crippen molar-refractivity contribution in [1.29, 1.82) is 0 Å². The van der Waals surface area contributed by atoms with Crippen LogP contribution in [0.25, 0.3) is 5.69 Å². The summed E-state index contributed by atoms with van der Waals surface area (Å²) in [7, 11) is 1.43. The van der Waals surface area contributed by atoms with Gasteiger partial charge in [-0.05, 0) is 64.1 Å². The SMILES string of the molecule is COc1ccc(NC(=O)c2cnn(-c3cccc(C(F)(F)F)c3)c2C)cc1NC(=O)OC(C)(C)C. The van der Waals surface area contributed by atoms with Crippen molar-refractivity contribution in [2.24, 2.45) is 0 Å². The lowest BCUT2D eigenvalue weighted by Gasteiger charge is -2.20. The van der Waals surface area contributed by atoms with Crippen molar-refractivity contribution < 1.29 is 32.2 Å². The Hall–Kier alpha value is -4.02. The summed E-state index contributed by atoms with van der Waals surface area (Å²) in [6.07, 6.45) is -3.93. The summed E-state index contributed by atoms with van der Waals surface area (Å²) in [6, 6.07) is 9.28. The van der Waals surface area contributed by atoms with E-state index in [4.69, 9.17) is 9.47 Å². The fourth-order valence-electron chi connectivity index (χ4n) is 3.20. The molecule has 0 saturated heterocycles. The number of hydrogen-bond acceptors (Lipinski definition) is 5. The minimum Gasteiger partial charge on any atom is -0.495 e. The van der Waals surface area contributed by atoms with Gasteiger partial charge in [-0.2, -0.15) is 18.3 Å². The molecule has 3 rings (SSSR count). The van der Waals surface area contributed by atoms with Gasteiger partial charge in [-0.3, -0.25) is 10.1 Å². The number of methoxy groups -OCH3 is 1. The van der Waals surface area contributed by atoms with E-state index in [-0.39, 0.29) is 16.9 Å². The lowest BCUT2D eigenvalue weighted by Crippen LogP contribution is -2.27. The van der Waals surface area contributed by atoms with Gasteiger partial charge in [0.05, 0.1) is 41.5 Å². The number of nitrogens with one attached hydrogen (secondary N) is 2. The van der Waals surface area contributed by atoms with E-state index < -0.39 is 29.3 Å². The maximum absolute atomic E-state index is 13.1. The molecule has 0 spiro atoms. The summed E-state index contributed by atoms with van der Waals surface area (Å²) in [4.78, 5) is 25.1. The van der Waals surface area contributed by atoms with Crippen LogP contribution in [0.4, 0.5) is 29.3 Å². The molecule has 0 saturated carbocycles. The molecule has 0 fully saturated rings. The van der Waals surface area contributed by atoms with E-state index in [9.17, 15) is 22.8 Å². The number of alkyl halides is 3. The molecule has 8 nitrogen and oxygen atoms in total. The third-order valence-electron chi connectivity index (χ3n) is 4.77. The van der Waals surface area contributed by atoms with E-state index in [0.29, 0.717) is 17.1 Å². The van der Waals surface area contributed by atoms with Crippen LogP contribution in [-0.2, 0) is 10.9 Å². The van der Waals surface area contributed by atoms with E-state index in [0.717, 1.165) is 12.1 Å². The smallest absolute Gasteiger partial charge is 0.416 e. The summed E-state index contributed by atoms with van der Waals surface area (Å²) in [5.74, 6) is -0.184. The minimum atomic E-state index is -4.50. The molecule has 3 aromatic rings. The van der Waals surface area contributed by atoms with E-state index >= 15 is 0 Å². The Balaban J connectivity index is 1.82. The average Bonchev–Trinajstić information content (AvgIpc) is 3.13. The Morgan fingerprint density at radius 1 is 1.03 bits per heavy atom. The van der Waals surface area contributed by atoms with Crippen LogP contribution in [0.3, 0.4) is 0 Å². The van der Waals surface area contributed by atoms with Gasteiger partial charge >= 0.3 is 12.3 Å². The Labute approximate surface area is 200 Å². The summed E-state index contributed by atoms with van der Waals surface area (Å²) in [5, 5.41) is 9.36. The lowest BCUT2D eigenvalue weighted by atomic mass is 10.2. The van der Waals surface area contributed by atoms with Gasteiger partial charge in [0, 0.05) is 5.69 Å². The Morgan fingerprint density at radius 2 is 1.74 bits per heavy atom. The van der Waals surface area contributed by atoms with Gasteiger partial charge in [-0.15, -0.1) is 0 Å². The lowest BCUT2D eigenvalue weighted by molar-refractivity contribution is -0.137. The van der Waals surface area contributed by atoms with Gasteiger partial charge in [0.1, 0.15) is 11.4 Å². The molecule has 0 bridgehead atoms. The molecule has 0 unspecified atom stereocenters. The first-order valence-electron chi connectivity index (χ1n) is 10.5.